The average molecular weight is 400 g/mol. The fourth-order valence-corrected chi connectivity index (χ4v) is 3.20. The van der Waals surface area contributed by atoms with Gasteiger partial charge in [-0.1, -0.05) is 6.92 Å². The highest BCUT2D eigenvalue weighted by Gasteiger charge is 2.16. The van der Waals surface area contributed by atoms with Crippen LogP contribution >= 0.6 is 12.2 Å². The number of furan rings is 1. The number of H-pyrrole nitrogens is 1. The number of nitrogens with one attached hydrogen (secondary N) is 2. The van der Waals surface area contributed by atoms with Gasteiger partial charge in [0.25, 0.3) is 5.56 Å². The third kappa shape index (κ3) is 4.72. The van der Waals surface area contributed by atoms with E-state index in [0.29, 0.717) is 23.8 Å². The van der Waals surface area contributed by atoms with E-state index in [0.717, 1.165) is 28.8 Å². The van der Waals surface area contributed by atoms with Crippen molar-refractivity contribution in [3.63, 3.8) is 0 Å². The Bertz CT molecular complexity index is 998. The molecule has 1 aromatic carbocycles. The van der Waals surface area contributed by atoms with Crippen LogP contribution in [0, 0.1) is 0 Å². The SMILES string of the molecule is CC[C@@H](C)NC(=S)N(Cc1ccco1)Cc1cc2cc(OC)ccc2[nH]c1=O. The van der Waals surface area contributed by atoms with E-state index in [1.54, 1.807) is 13.4 Å². The van der Waals surface area contributed by atoms with Crippen molar-refractivity contribution in [2.24, 2.45) is 0 Å². The molecule has 2 heterocycles. The number of nitrogens with zero attached hydrogens (tertiary/aromatic N) is 1. The molecule has 0 aliphatic rings. The first kappa shape index (κ1) is 19.9. The fourth-order valence-electron chi connectivity index (χ4n) is 2.87. The fraction of sp³-hybridized carbons (Fsp3) is 0.333. The maximum Gasteiger partial charge on any atom is 0.253 e. The van der Waals surface area contributed by atoms with Gasteiger partial charge in [0.2, 0.25) is 0 Å². The van der Waals surface area contributed by atoms with Gasteiger partial charge in [-0.25, -0.2) is 0 Å². The zero-order valence-corrected chi connectivity index (χ0v) is 17.1. The Morgan fingerprint density at radius 1 is 1.32 bits per heavy atom. The molecular formula is C21H25N3O3S. The van der Waals surface area contributed by atoms with Gasteiger partial charge in [0.05, 0.1) is 26.5 Å². The molecule has 0 spiro atoms. The molecular weight excluding hydrogens is 374 g/mol. The Morgan fingerprint density at radius 2 is 2.14 bits per heavy atom. The lowest BCUT2D eigenvalue weighted by Gasteiger charge is -2.27. The molecule has 1 atom stereocenters. The minimum absolute atomic E-state index is 0.131. The van der Waals surface area contributed by atoms with Crippen LogP contribution in [0.25, 0.3) is 10.9 Å². The Balaban J connectivity index is 1.91. The van der Waals surface area contributed by atoms with Crippen LogP contribution in [0.1, 0.15) is 31.6 Å². The number of ether oxygens (including phenoxy) is 1. The molecule has 0 amide bonds. The molecule has 3 aromatic rings. The van der Waals surface area contributed by atoms with E-state index in [-0.39, 0.29) is 11.6 Å². The van der Waals surface area contributed by atoms with E-state index in [1.165, 1.54) is 0 Å². The summed E-state index contributed by atoms with van der Waals surface area (Å²) < 4.78 is 10.8. The van der Waals surface area contributed by atoms with Gasteiger partial charge in [0.1, 0.15) is 11.5 Å². The number of aromatic nitrogens is 1. The number of benzene rings is 1. The molecule has 7 heteroatoms. The molecule has 0 unspecified atom stereocenters. The van der Waals surface area contributed by atoms with Crippen molar-refractivity contribution in [3.8, 4) is 5.75 Å². The number of fused-ring (bicyclic) bond motifs is 1. The Morgan fingerprint density at radius 3 is 2.82 bits per heavy atom. The van der Waals surface area contributed by atoms with Crippen molar-refractivity contribution in [2.75, 3.05) is 7.11 Å². The second-order valence-corrected chi connectivity index (χ2v) is 7.16. The molecule has 0 radical (unpaired) electrons. The highest BCUT2D eigenvalue weighted by Crippen LogP contribution is 2.19. The molecule has 0 aliphatic heterocycles. The highest BCUT2D eigenvalue weighted by molar-refractivity contribution is 7.80. The summed E-state index contributed by atoms with van der Waals surface area (Å²) >= 11 is 5.61. The third-order valence-electron chi connectivity index (χ3n) is 4.69. The van der Waals surface area contributed by atoms with Gasteiger partial charge in [0.15, 0.2) is 5.11 Å². The summed E-state index contributed by atoms with van der Waals surface area (Å²) in [6, 6.07) is 11.4. The predicted octanol–water partition coefficient (Wildman–Crippen LogP) is 3.80. The van der Waals surface area contributed by atoms with E-state index in [2.05, 4.69) is 24.1 Å². The van der Waals surface area contributed by atoms with Crippen LogP contribution < -0.4 is 15.6 Å². The summed E-state index contributed by atoms with van der Waals surface area (Å²) in [4.78, 5) is 17.5. The zero-order valence-electron chi connectivity index (χ0n) is 16.3. The number of hydrogen-bond donors (Lipinski definition) is 2. The Hall–Kier alpha value is -2.80. The Kier molecular flexibility index (Phi) is 6.36. The van der Waals surface area contributed by atoms with E-state index < -0.39 is 0 Å². The van der Waals surface area contributed by atoms with Gasteiger partial charge in [0, 0.05) is 22.5 Å². The lowest BCUT2D eigenvalue weighted by molar-refractivity contribution is 0.346. The number of pyridine rings is 1. The van der Waals surface area contributed by atoms with Gasteiger partial charge in [-0.05, 0) is 62.0 Å². The molecule has 2 N–H and O–H groups in total. The summed E-state index contributed by atoms with van der Waals surface area (Å²) in [6.45, 7) is 5.02. The minimum Gasteiger partial charge on any atom is -0.497 e. The number of hydrogen-bond acceptors (Lipinski definition) is 4. The molecule has 148 valence electrons. The lowest BCUT2D eigenvalue weighted by Crippen LogP contribution is -2.43. The van der Waals surface area contributed by atoms with Crippen molar-refractivity contribution in [1.82, 2.24) is 15.2 Å². The van der Waals surface area contributed by atoms with Gasteiger partial charge in [-0.15, -0.1) is 0 Å². The summed E-state index contributed by atoms with van der Waals surface area (Å²) in [6.07, 6.45) is 2.58. The molecule has 0 saturated carbocycles. The first-order chi connectivity index (χ1) is 13.5. The van der Waals surface area contributed by atoms with Crippen LogP contribution in [0.2, 0.25) is 0 Å². The summed E-state index contributed by atoms with van der Waals surface area (Å²) in [7, 11) is 1.62. The molecule has 2 aromatic heterocycles. The van der Waals surface area contributed by atoms with Crippen LogP contribution in [0.3, 0.4) is 0 Å². The number of methoxy groups -OCH3 is 1. The van der Waals surface area contributed by atoms with Crippen LogP contribution in [-0.2, 0) is 13.1 Å². The average Bonchev–Trinajstić information content (AvgIpc) is 3.20. The molecule has 0 fully saturated rings. The number of thiocarbonyl (C=S) groups is 1. The van der Waals surface area contributed by atoms with E-state index in [1.807, 2.05) is 41.3 Å². The summed E-state index contributed by atoms with van der Waals surface area (Å²) in [5, 5.41) is 4.82. The predicted molar refractivity (Wildman–Crippen MR) is 115 cm³/mol. The molecule has 6 nitrogen and oxygen atoms in total. The maximum absolute atomic E-state index is 12.6. The van der Waals surface area contributed by atoms with Gasteiger partial charge in [-0.3, -0.25) is 4.79 Å². The van der Waals surface area contributed by atoms with E-state index >= 15 is 0 Å². The first-order valence-electron chi connectivity index (χ1n) is 9.28. The quantitative estimate of drug-likeness (QED) is 0.589. The first-order valence-corrected chi connectivity index (χ1v) is 9.68. The molecule has 0 saturated heterocycles. The maximum atomic E-state index is 12.6. The van der Waals surface area contributed by atoms with Gasteiger partial charge < -0.3 is 24.4 Å². The molecule has 3 rings (SSSR count). The van der Waals surface area contributed by atoms with Gasteiger partial charge in [-0.2, -0.15) is 0 Å². The zero-order chi connectivity index (χ0) is 20.1. The highest BCUT2D eigenvalue weighted by atomic mass is 32.1. The number of rotatable bonds is 7. The second-order valence-electron chi connectivity index (χ2n) is 6.77. The van der Waals surface area contributed by atoms with Crippen LogP contribution in [-0.4, -0.2) is 28.1 Å². The van der Waals surface area contributed by atoms with Crippen molar-refractivity contribution < 1.29 is 9.15 Å². The lowest BCUT2D eigenvalue weighted by atomic mass is 10.1. The standard InChI is InChI=1S/C21H25N3O3S/c1-4-14(2)22-21(28)24(13-18-6-5-9-27-18)12-16-10-15-11-17(26-3)7-8-19(15)23-20(16)25/h5-11,14H,4,12-13H2,1-3H3,(H,22,28)(H,23,25)/t14-/m1/s1. The monoisotopic (exact) mass is 399 g/mol. The minimum atomic E-state index is -0.131. The molecule has 0 aliphatic carbocycles. The largest absolute Gasteiger partial charge is 0.497 e. The Labute approximate surface area is 169 Å². The molecule has 0 bridgehead atoms. The number of aromatic amines is 1. The summed E-state index contributed by atoms with van der Waals surface area (Å²) in [5.74, 6) is 1.53. The van der Waals surface area contributed by atoms with Crippen molar-refractivity contribution in [2.45, 2.75) is 39.4 Å². The third-order valence-corrected chi connectivity index (χ3v) is 5.06. The van der Waals surface area contributed by atoms with Crippen molar-refractivity contribution in [3.05, 3.63) is 64.3 Å². The van der Waals surface area contributed by atoms with Crippen LogP contribution in [0.5, 0.6) is 5.75 Å². The van der Waals surface area contributed by atoms with Crippen LogP contribution in [0.4, 0.5) is 0 Å². The van der Waals surface area contributed by atoms with Crippen molar-refractivity contribution >= 4 is 28.2 Å². The van der Waals surface area contributed by atoms with Gasteiger partial charge >= 0.3 is 0 Å². The second kappa shape index (κ2) is 8.93. The van der Waals surface area contributed by atoms with E-state index in [4.69, 9.17) is 21.4 Å². The van der Waals surface area contributed by atoms with Crippen molar-refractivity contribution in [1.29, 1.82) is 0 Å². The smallest absolute Gasteiger partial charge is 0.253 e. The normalized spacial score (nSPS) is 12.0. The van der Waals surface area contributed by atoms with E-state index in [9.17, 15) is 4.79 Å². The molecule has 28 heavy (non-hydrogen) atoms. The topological polar surface area (TPSA) is 70.5 Å². The summed E-state index contributed by atoms with van der Waals surface area (Å²) in [5.41, 5.74) is 1.27. The van der Waals surface area contributed by atoms with Crippen LogP contribution in [0.15, 0.2) is 51.9 Å².